The molecule has 2 heterocycles. The highest BCUT2D eigenvalue weighted by Gasteiger charge is 2.38. The topological polar surface area (TPSA) is 45.2 Å². The number of benzene rings is 2. The van der Waals surface area contributed by atoms with Gasteiger partial charge >= 0.3 is 0 Å². The zero-order chi connectivity index (χ0) is 18.3. The summed E-state index contributed by atoms with van der Waals surface area (Å²) in [6.45, 7) is 0. The van der Waals surface area contributed by atoms with Crippen LogP contribution in [-0.4, -0.2) is 10.9 Å². The normalized spacial score (nSPS) is 15.9. The maximum atomic E-state index is 14.1. The van der Waals surface area contributed by atoms with Gasteiger partial charge in [0.1, 0.15) is 23.6 Å². The lowest BCUT2D eigenvalue weighted by molar-refractivity contribution is 0.0992. The third-order valence-corrected chi connectivity index (χ3v) is 4.37. The predicted octanol–water partition coefficient (Wildman–Crippen LogP) is 4.78. The van der Waals surface area contributed by atoms with Crippen LogP contribution in [0.2, 0.25) is 5.02 Å². The van der Waals surface area contributed by atoms with Crippen molar-refractivity contribution in [2.45, 2.75) is 6.17 Å². The smallest absolute Gasteiger partial charge is 0.261 e. The summed E-state index contributed by atoms with van der Waals surface area (Å²) in [6.07, 6.45) is 0.691. The first-order chi connectivity index (χ1) is 12.5. The third-order valence-electron chi connectivity index (χ3n) is 4.14. The first-order valence-electron chi connectivity index (χ1n) is 7.80. The number of fused-ring (bicyclic) bond motifs is 1. The summed E-state index contributed by atoms with van der Waals surface area (Å²) < 4.78 is 27.7. The van der Waals surface area contributed by atoms with Gasteiger partial charge in [-0.2, -0.15) is 0 Å². The zero-order valence-corrected chi connectivity index (χ0v) is 14.0. The number of halogens is 3. The summed E-state index contributed by atoms with van der Waals surface area (Å²) in [7, 11) is 0. The summed E-state index contributed by atoms with van der Waals surface area (Å²) in [5.74, 6) is -1.13. The van der Waals surface area contributed by atoms with Gasteiger partial charge in [0.15, 0.2) is 0 Å². The molecule has 4 nitrogen and oxygen atoms in total. The summed E-state index contributed by atoms with van der Waals surface area (Å²) in [5.41, 5.74) is 1.08. The lowest BCUT2D eigenvalue weighted by Gasteiger charge is -2.26. The minimum Gasteiger partial charge on any atom is -0.359 e. The molecule has 1 N–H and O–H groups in total. The Morgan fingerprint density at radius 1 is 1.08 bits per heavy atom. The largest absolute Gasteiger partial charge is 0.359 e. The van der Waals surface area contributed by atoms with Crippen molar-refractivity contribution in [1.82, 2.24) is 4.98 Å². The quantitative estimate of drug-likeness (QED) is 0.720. The Morgan fingerprint density at radius 3 is 2.65 bits per heavy atom. The van der Waals surface area contributed by atoms with Crippen LogP contribution in [0.15, 0.2) is 60.8 Å². The molecule has 3 aromatic rings. The Kier molecular flexibility index (Phi) is 4.05. The van der Waals surface area contributed by atoms with Gasteiger partial charge in [-0.15, -0.1) is 0 Å². The molecule has 7 heteroatoms. The number of carbonyl (C=O) groups excluding carboxylic acids is 1. The molecular weight excluding hydrogens is 360 g/mol. The molecule has 26 heavy (non-hydrogen) atoms. The summed E-state index contributed by atoms with van der Waals surface area (Å²) in [5, 5.41) is 3.35. The molecule has 1 aromatic heterocycles. The first kappa shape index (κ1) is 16.5. The molecule has 0 fully saturated rings. The summed E-state index contributed by atoms with van der Waals surface area (Å²) in [6, 6.07) is 13.3. The molecule has 0 spiro atoms. The fraction of sp³-hybridized carbons (Fsp3) is 0.0526. The SMILES string of the molecule is O=C1c2ccccc2[C@H](Nc2cc(F)ccc2F)N1c1ccc(Cl)cn1. The van der Waals surface area contributed by atoms with E-state index in [9.17, 15) is 13.6 Å². The van der Waals surface area contributed by atoms with Gasteiger partial charge in [-0.1, -0.05) is 29.8 Å². The van der Waals surface area contributed by atoms with E-state index in [0.29, 0.717) is 22.0 Å². The number of amides is 1. The number of pyridine rings is 1. The molecule has 0 saturated heterocycles. The van der Waals surface area contributed by atoms with Crippen molar-refractivity contribution in [2.75, 3.05) is 10.2 Å². The van der Waals surface area contributed by atoms with E-state index in [4.69, 9.17) is 11.6 Å². The van der Waals surface area contributed by atoms with Crippen molar-refractivity contribution in [3.05, 3.63) is 88.6 Å². The molecule has 1 atom stereocenters. The molecule has 2 aromatic carbocycles. The lowest BCUT2D eigenvalue weighted by atomic mass is 10.1. The van der Waals surface area contributed by atoms with Gasteiger partial charge in [-0.25, -0.2) is 13.8 Å². The Balaban J connectivity index is 1.80. The summed E-state index contributed by atoms with van der Waals surface area (Å²) in [4.78, 5) is 18.5. The number of hydrogen-bond acceptors (Lipinski definition) is 3. The molecule has 0 unspecified atom stereocenters. The minimum absolute atomic E-state index is 0.0431. The van der Waals surface area contributed by atoms with E-state index in [2.05, 4.69) is 10.3 Å². The van der Waals surface area contributed by atoms with E-state index in [-0.39, 0.29) is 11.6 Å². The molecule has 1 aliphatic heterocycles. The third kappa shape index (κ3) is 2.78. The molecule has 0 aliphatic carbocycles. The van der Waals surface area contributed by atoms with E-state index in [1.165, 1.54) is 11.1 Å². The van der Waals surface area contributed by atoms with E-state index in [1.54, 1.807) is 36.4 Å². The number of rotatable bonds is 3. The molecular formula is C19H12ClF2N3O. The van der Waals surface area contributed by atoms with Crippen LogP contribution in [0.3, 0.4) is 0 Å². The fourth-order valence-corrected chi connectivity index (χ4v) is 3.07. The van der Waals surface area contributed by atoms with E-state index in [0.717, 1.165) is 18.2 Å². The standard InChI is InChI=1S/C19H12ClF2N3O/c20-11-5-8-17(23-10-11)25-18(13-3-1-2-4-14(13)19(25)26)24-16-9-12(21)6-7-15(16)22/h1-10,18,24H/t18-/m1/s1. The Hall–Kier alpha value is -2.99. The van der Waals surface area contributed by atoms with Crippen LogP contribution < -0.4 is 10.2 Å². The van der Waals surface area contributed by atoms with Crippen LogP contribution >= 0.6 is 11.6 Å². The number of aromatic nitrogens is 1. The monoisotopic (exact) mass is 371 g/mol. The number of nitrogens with zero attached hydrogens (tertiary/aromatic N) is 2. The Morgan fingerprint density at radius 2 is 1.88 bits per heavy atom. The van der Waals surface area contributed by atoms with Crippen molar-refractivity contribution in [3.63, 3.8) is 0 Å². The van der Waals surface area contributed by atoms with Gasteiger partial charge in [0.25, 0.3) is 5.91 Å². The molecule has 130 valence electrons. The first-order valence-corrected chi connectivity index (χ1v) is 8.18. The van der Waals surface area contributed by atoms with E-state index in [1.807, 2.05) is 0 Å². The van der Waals surface area contributed by atoms with Crippen molar-refractivity contribution in [1.29, 1.82) is 0 Å². The van der Waals surface area contributed by atoms with Crippen LogP contribution in [0.5, 0.6) is 0 Å². The van der Waals surface area contributed by atoms with Crippen LogP contribution in [0.1, 0.15) is 22.1 Å². The van der Waals surface area contributed by atoms with Crippen LogP contribution in [0.25, 0.3) is 0 Å². The average Bonchev–Trinajstić information content (AvgIpc) is 2.92. The molecule has 1 aliphatic rings. The van der Waals surface area contributed by atoms with E-state index >= 15 is 0 Å². The number of hydrogen-bond donors (Lipinski definition) is 1. The van der Waals surface area contributed by atoms with Gasteiger partial charge in [0.2, 0.25) is 0 Å². The maximum Gasteiger partial charge on any atom is 0.261 e. The highest BCUT2D eigenvalue weighted by molar-refractivity contribution is 6.30. The molecule has 0 saturated carbocycles. The van der Waals surface area contributed by atoms with Gasteiger partial charge in [-0.3, -0.25) is 9.69 Å². The fourth-order valence-electron chi connectivity index (χ4n) is 2.96. The Labute approximate surface area is 153 Å². The maximum absolute atomic E-state index is 14.1. The van der Waals surface area contributed by atoms with Gasteiger partial charge in [0, 0.05) is 23.4 Å². The molecule has 1 amide bonds. The van der Waals surface area contributed by atoms with Crippen molar-refractivity contribution < 1.29 is 13.6 Å². The summed E-state index contributed by atoms with van der Waals surface area (Å²) >= 11 is 5.88. The van der Waals surface area contributed by atoms with Gasteiger partial charge < -0.3 is 5.32 Å². The van der Waals surface area contributed by atoms with Crippen molar-refractivity contribution in [3.8, 4) is 0 Å². The highest BCUT2D eigenvalue weighted by atomic mass is 35.5. The second-order valence-corrected chi connectivity index (χ2v) is 6.20. The number of nitrogens with one attached hydrogen (secondary N) is 1. The number of anilines is 2. The van der Waals surface area contributed by atoms with Gasteiger partial charge in [0.05, 0.1) is 10.7 Å². The zero-order valence-electron chi connectivity index (χ0n) is 13.3. The van der Waals surface area contributed by atoms with Crippen molar-refractivity contribution in [2.24, 2.45) is 0 Å². The van der Waals surface area contributed by atoms with Crippen molar-refractivity contribution >= 4 is 29.0 Å². The second kappa shape index (κ2) is 6.38. The lowest BCUT2D eigenvalue weighted by Crippen LogP contribution is -2.33. The molecule has 0 radical (unpaired) electrons. The Bertz CT molecular complexity index is 994. The van der Waals surface area contributed by atoms with Crippen LogP contribution in [0, 0.1) is 11.6 Å². The molecule has 4 rings (SSSR count). The van der Waals surface area contributed by atoms with Gasteiger partial charge in [-0.05, 0) is 30.3 Å². The van der Waals surface area contributed by atoms with E-state index < -0.39 is 17.8 Å². The van der Waals surface area contributed by atoms with Crippen LogP contribution in [0.4, 0.5) is 20.3 Å². The second-order valence-electron chi connectivity index (χ2n) is 5.77. The number of carbonyl (C=O) groups is 1. The molecule has 0 bridgehead atoms. The average molecular weight is 372 g/mol. The van der Waals surface area contributed by atoms with Crippen LogP contribution in [-0.2, 0) is 0 Å². The predicted molar refractivity (Wildman–Crippen MR) is 95.2 cm³/mol. The minimum atomic E-state index is -0.733. The highest BCUT2D eigenvalue weighted by Crippen LogP contribution is 2.37.